The third-order valence-corrected chi connectivity index (χ3v) is 0. The zero-order valence-corrected chi connectivity index (χ0v) is 4.15. The van der Waals surface area contributed by atoms with Crippen LogP contribution in [0.25, 0.3) is 0 Å². The number of hydrogen-bond donors (Lipinski definition) is 1. The second-order valence-corrected chi connectivity index (χ2v) is 0.316. The molecule has 5 heavy (non-hydrogen) atoms. The number of aliphatic hydroxyl groups excluding tert-OH is 1. The molecule has 0 fully saturated rings. The molecule has 0 saturated carbocycles. The summed E-state index contributed by atoms with van der Waals surface area (Å²) in [5, 5.41) is 7.57. The average Bonchev–Trinajstić information content (AvgIpc) is 1.46. The molecule has 1 nitrogen and oxygen atoms in total. The largest absolute Gasteiger partial charge is 0.397 e. The minimum Gasteiger partial charge on any atom is -0.397 e. The van der Waals surface area contributed by atoms with E-state index in [1.54, 1.807) is 6.92 Å². The fraction of sp³-hybridized carbons (Fsp3) is 1.00. The smallest absolute Gasteiger partial charge is 0.0643 e. The molecule has 0 heterocycles. The Morgan fingerprint density at radius 1 is 1.60 bits per heavy atom. The van der Waals surface area contributed by atoms with Crippen molar-refractivity contribution in [3.05, 3.63) is 0 Å². The molecule has 0 bridgehead atoms. The minimum absolute atomic E-state index is 0.250. The molecule has 0 aliphatic rings. The van der Waals surface area contributed by atoms with Crippen LogP contribution < -0.4 is 0 Å². The Kier molecular flexibility index (Phi) is 58.6. The lowest BCUT2D eigenvalue weighted by atomic mass is 9.81. The Morgan fingerprint density at radius 2 is 1.60 bits per heavy atom. The fourth-order valence-corrected chi connectivity index (χ4v) is 0. The van der Waals surface area contributed by atoms with E-state index >= 15 is 0 Å². The Balaban J connectivity index is 0. The molecule has 0 amide bonds. The molecule has 0 aromatic carbocycles. The lowest BCUT2D eigenvalue weighted by Gasteiger charge is -1.52. The van der Waals surface area contributed by atoms with E-state index < -0.39 is 0 Å². The van der Waals surface area contributed by atoms with Gasteiger partial charge in [-0.3, -0.25) is 0 Å². The number of hydrogen-bond acceptors (Lipinski definition) is 1. The molecule has 0 aromatic heterocycles. The molecule has 0 aliphatic carbocycles. The zero-order chi connectivity index (χ0) is 4.71. The third-order valence-electron chi connectivity index (χ3n) is 0. The summed E-state index contributed by atoms with van der Waals surface area (Å²) in [6.07, 6.45) is 0. The highest BCUT2D eigenvalue weighted by atomic mass is 16.2. The van der Waals surface area contributed by atoms with Gasteiger partial charge in [-0.25, -0.2) is 0 Å². The van der Waals surface area contributed by atoms with Gasteiger partial charge in [-0.15, -0.1) is 0 Å². The first kappa shape index (κ1) is 8.92. The lowest BCUT2D eigenvalue weighted by molar-refractivity contribution is 0.318. The van der Waals surface area contributed by atoms with E-state index in [0.717, 1.165) is 0 Å². The van der Waals surface area contributed by atoms with Crippen molar-refractivity contribution in [2.75, 3.05) is 6.61 Å². The predicted molar refractivity (Wildman–Crippen MR) is 29.8 cm³/mol. The van der Waals surface area contributed by atoms with Crippen LogP contribution in [0.1, 0.15) is 6.92 Å². The first-order valence-electron chi connectivity index (χ1n) is 2.02. The van der Waals surface area contributed by atoms with Crippen LogP contribution in [-0.2, 0) is 0 Å². The van der Waals surface area contributed by atoms with Crippen molar-refractivity contribution >= 4 is 15.5 Å². The molecule has 1 N–H and O–H groups in total. The first-order valence-corrected chi connectivity index (χ1v) is 2.02. The topological polar surface area (TPSA) is 20.2 Å². The predicted octanol–water partition coefficient (Wildman–Crippen LogP) is -1.83. The maximum Gasteiger partial charge on any atom is 0.0643 e. The average molecular weight is 71.7 g/mol. The highest BCUT2D eigenvalue weighted by Crippen LogP contribution is 1.30. The highest BCUT2D eigenvalue weighted by molar-refractivity contribution is 6.75. The van der Waals surface area contributed by atoms with Gasteiger partial charge in [0.05, 0.1) is 15.5 Å². The molecule has 0 aromatic rings. The fourth-order valence-electron chi connectivity index (χ4n) is 0. The molecule has 3 heteroatoms. The van der Waals surface area contributed by atoms with Gasteiger partial charge in [-0.05, 0) is 6.92 Å². The van der Waals surface area contributed by atoms with Crippen molar-refractivity contribution < 1.29 is 5.11 Å². The van der Waals surface area contributed by atoms with Gasteiger partial charge >= 0.3 is 0 Å². The summed E-state index contributed by atoms with van der Waals surface area (Å²) in [4.78, 5) is 0. The maximum absolute atomic E-state index is 7.57. The summed E-state index contributed by atoms with van der Waals surface area (Å²) >= 11 is 0. The van der Waals surface area contributed by atoms with E-state index in [4.69, 9.17) is 5.11 Å². The van der Waals surface area contributed by atoms with E-state index in [9.17, 15) is 0 Å². The van der Waals surface area contributed by atoms with Crippen LogP contribution in [0.4, 0.5) is 0 Å². The van der Waals surface area contributed by atoms with Gasteiger partial charge in [0.25, 0.3) is 0 Å². The Hall–Kier alpha value is 0.0899. The molecule has 30 valence electrons. The van der Waals surface area contributed by atoms with E-state index in [0.29, 0.717) is 0 Å². The second kappa shape index (κ2) is 32.9. The lowest BCUT2D eigenvalue weighted by Crippen LogP contribution is -1.57. The van der Waals surface area contributed by atoms with Crippen LogP contribution >= 0.6 is 0 Å². The van der Waals surface area contributed by atoms with Crippen molar-refractivity contribution in [2.45, 2.75) is 6.92 Å². The van der Waals surface area contributed by atoms with Crippen LogP contribution in [-0.4, -0.2) is 27.2 Å². The summed E-state index contributed by atoms with van der Waals surface area (Å²) in [5.74, 6) is 0. The van der Waals surface area contributed by atoms with Crippen LogP contribution in [0.15, 0.2) is 0 Å². The standard InChI is InChI=1S/C2H6O.B2H4/c1-2-3;1-2/h3H,2H2,1H3;1-2H2. The Bertz CT molecular complexity index is 7.61. The molecule has 0 aliphatic heterocycles. The normalized spacial score (nSPS) is 4.40. The van der Waals surface area contributed by atoms with Crippen molar-refractivity contribution in [1.29, 1.82) is 0 Å². The van der Waals surface area contributed by atoms with Crippen molar-refractivity contribution in [1.82, 2.24) is 0 Å². The zero-order valence-electron chi connectivity index (χ0n) is 4.15. The number of rotatable bonds is 0. The van der Waals surface area contributed by atoms with E-state index in [-0.39, 0.29) is 6.61 Å². The van der Waals surface area contributed by atoms with Crippen LogP contribution in [0.5, 0.6) is 0 Å². The molecule has 0 rings (SSSR count). The molecule has 0 atom stereocenters. The molecule has 0 unspecified atom stereocenters. The van der Waals surface area contributed by atoms with Crippen LogP contribution in [0.2, 0.25) is 0 Å². The van der Waals surface area contributed by atoms with Gasteiger partial charge in [0, 0.05) is 6.61 Å². The Morgan fingerprint density at radius 3 is 1.60 bits per heavy atom. The monoisotopic (exact) mass is 72.1 g/mol. The maximum atomic E-state index is 7.57. The van der Waals surface area contributed by atoms with E-state index in [1.807, 2.05) is 15.5 Å². The molecule has 0 spiro atoms. The molecular formula is C2H10B2O. The summed E-state index contributed by atoms with van der Waals surface area (Å²) in [6.45, 7) is 1.93. The minimum atomic E-state index is 0.250. The quantitative estimate of drug-likeness (QED) is 0.333. The first-order chi connectivity index (χ1) is 2.41. The SMILES string of the molecule is BB.CCO. The van der Waals surface area contributed by atoms with E-state index in [2.05, 4.69) is 0 Å². The molecule has 0 radical (unpaired) electrons. The summed E-state index contributed by atoms with van der Waals surface area (Å²) < 4.78 is 0. The highest BCUT2D eigenvalue weighted by Gasteiger charge is 1.34. The van der Waals surface area contributed by atoms with Gasteiger partial charge in [0.1, 0.15) is 0 Å². The van der Waals surface area contributed by atoms with Crippen molar-refractivity contribution in [3.8, 4) is 0 Å². The van der Waals surface area contributed by atoms with Crippen LogP contribution in [0.3, 0.4) is 0 Å². The van der Waals surface area contributed by atoms with Gasteiger partial charge in [-0.1, -0.05) is 0 Å². The van der Waals surface area contributed by atoms with E-state index in [1.165, 1.54) is 0 Å². The third kappa shape index (κ3) is 2210. The Labute approximate surface area is 35.2 Å². The van der Waals surface area contributed by atoms with Gasteiger partial charge < -0.3 is 5.11 Å². The molecular weight excluding hydrogens is 61.6 g/mol. The van der Waals surface area contributed by atoms with Gasteiger partial charge in [0.2, 0.25) is 0 Å². The van der Waals surface area contributed by atoms with Gasteiger partial charge in [0.15, 0.2) is 0 Å². The summed E-state index contributed by atoms with van der Waals surface area (Å²) in [6, 6.07) is 0. The molecule has 0 saturated heterocycles. The summed E-state index contributed by atoms with van der Waals surface area (Å²) in [7, 11) is 4.00. The summed E-state index contributed by atoms with van der Waals surface area (Å²) in [5.41, 5.74) is 0. The van der Waals surface area contributed by atoms with Crippen molar-refractivity contribution in [2.24, 2.45) is 0 Å². The van der Waals surface area contributed by atoms with Gasteiger partial charge in [-0.2, -0.15) is 0 Å². The van der Waals surface area contributed by atoms with Crippen LogP contribution in [0, 0.1) is 0 Å². The van der Waals surface area contributed by atoms with Crippen molar-refractivity contribution in [3.63, 3.8) is 0 Å². The second-order valence-electron chi connectivity index (χ2n) is 0.316. The number of aliphatic hydroxyl groups is 1.